The molecule has 1 unspecified atom stereocenters. The smallest absolute Gasteiger partial charge is 0.285 e. The number of nitrogens with zero attached hydrogens (tertiary/aromatic N) is 2. The molecule has 1 atom stereocenters. The summed E-state index contributed by atoms with van der Waals surface area (Å²) in [5.74, 6) is -0.0110. The number of benzene rings is 1. The summed E-state index contributed by atoms with van der Waals surface area (Å²) in [5.41, 5.74) is 6.45. The second-order valence-electron chi connectivity index (χ2n) is 5.65. The zero-order valence-electron chi connectivity index (χ0n) is 13.4. The first-order chi connectivity index (χ1) is 9.75. The number of nitro groups is 1. The highest BCUT2D eigenvalue weighted by molar-refractivity contribution is 5.98. The summed E-state index contributed by atoms with van der Waals surface area (Å²) in [7, 11) is 1.64. The maximum atomic E-state index is 12.4. The first-order valence-electron chi connectivity index (χ1n) is 7.00. The number of nitro benzene ring substituents is 1. The van der Waals surface area contributed by atoms with Gasteiger partial charge < -0.3 is 10.6 Å². The van der Waals surface area contributed by atoms with Gasteiger partial charge in [0.2, 0.25) is 0 Å². The average Bonchev–Trinajstić information content (AvgIpc) is 2.42. The Hall–Kier alpha value is -1.66. The zero-order chi connectivity index (χ0) is 16.2. The molecule has 0 aliphatic rings. The first-order valence-corrected chi connectivity index (χ1v) is 7.00. The summed E-state index contributed by atoms with van der Waals surface area (Å²) in [6, 6.07) is 4.78. The molecule has 0 aromatic heterocycles. The molecule has 0 heterocycles. The molecule has 2 N–H and O–H groups in total. The minimum atomic E-state index is -0.504. The Morgan fingerprint density at radius 3 is 2.50 bits per heavy atom. The molecule has 22 heavy (non-hydrogen) atoms. The minimum absolute atomic E-state index is 0. The molecule has 0 saturated heterocycles. The van der Waals surface area contributed by atoms with Crippen LogP contribution < -0.4 is 5.73 Å². The summed E-state index contributed by atoms with van der Waals surface area (Å²) < 4.78 is 0. The first kappa shape index (κ1) is 20.3. The molecular weight excluding hydrogens is 306 g/mol. The van der Waals surface area contributed by atoms with Crippen molar-refractivity contribution < 1.29 is 9.72 Å². The molecule has 0 radical (unpaired) electrons. The van der Waals surface area contributed by atoms with Crippen molar-refractivity contribution in [3.63, 3.8) is 0 Å². The number of rotatable bonds is 6. The Kier molecular flexibility index (Phi) is 8.05. The SMILES string of the molecule is Cc1cccc(C(=O)N(C)CCC(N)C(C)C)c1[N+](=O)[O-].Cl. The highest BCUT2D eigenvalue weighted by Gasteiger charge is 2.24. The van der Waals surface area contributed by atoms with E-state index in [4.69, 9.17) is 5.73 Å². The number of carbonyl (C=O) groups excluding carboxylic acids is 1. The minimum Gasteiger partial charge on any atom is -0.341 e. The van der Waals surface area contributed by atoms with Gasteiger partial charge in [0.15, 0.2) is 0 Å². The Bertz CT molecular complexity index is 535. The third kappa shape index (κ3) is 4.96. The van der Waals surface area contributed by atoms with Crippen molar-refractivity contribution in [3.05, 3.63) is 39.4 Å². The quantitative estimate of drug-likeness (QED) is 0.642. The predicted octanol–water partition coefficient (Wildman–Crippen LogP) is 2.77. The number of hydrogen-bond acceptors (Lipinski definition) is 4. The van der Waals surface area contributed by atoms with Crippen LogP contribution in [-0.4, -0.2) is 35.4 Å². The van der Waals surface area contributed by atoms with Crippen LogP contribution in [0.4, 0.5) is 5.69 Å². The molecule has 1 aromatic carbocycles. The molecule has 1 aromatic rings. The van der Waals surface area contributed by atoms with Crippen LogP contribution in [0, 0.1) is 23.0 Å². The van der Waals surface area contributed by atoms with E-state index < -0.39 is 4.92 Å². The van der Waals surface area contributed by atoms with Gasteiger partial charge in [-0.05, 0) is 25.3 Å². The van der Waals surface area contributed by atoms with Crippen LogP contribution in [0.25, 0.3) is 0 Å². The molecule has 0 spiro atoms. The van der Waals surface area contributed by atoms with Crippen LogP contribution in [0.2, 0.25) is 0 Å². The number of para-hydroxylation sites is 1. The van der Waals surface area contributed by atoms with Crippen molar-refractivity contribution in [2.45, 2.75) is 33.2 Å². The lowest BCUT2D eigenvalue weighted by Gasteiger charge is -2.21. The van der Waals surface area contributed by atoms with E-state index in [1.807, 2.05) is 13.8 Å². The highest BCUT2D eigenvalue weighted by atomic mass is 35.5. The molecule has 1 amide bonds. The number of nitrogens with two attached hydrogens (primary N) is 1. The van der Waals surface area contributed by atoms with Crippen molar-refractivity contribution in [1.29, 1.82) is 0 Å². The van der Waals surface area contributed by atoms with Gasteiger partial charge in [0.25, 0.3) is 11.6 Å². The Morgan fingerprint density at radius 2 is 2.00 bits per heavy atom. The third-order valence-electron chi connectivity index (χ3n) is 3.65. The fourth-order valence-electron chi connectivity index (χ4n) is 2.06. The fourth-order valence-corrected chi connectivity index (χ4v) is 2.06. The summed E-state index contributed by atoms with van der Waals surface area (Å²) in [5, 5.41) is 11.1. The largest absolute Gasteiger partial charge is 0.341 e. The normalized spacial score (nSPS) is 11.7. The standard InChI is InChI=1S/C15H23N3O3.ClH/c1-10(2)13(16)8-9-17(4)15(19)12-7-5-6-11(3)14(12)18(20)21;/h5-7,10,13H,8-9,16H2,1-4H3;1H. The monoisotopic (exact) mass is 329 g/mol. The number of aryl methyl sites for hydroxylation is 1. The van der Waals surface area contributed by atoms with E-state index in [9.17, 15) is 14.9 Å². The molecule has 0 aliphatic heterocycles. The van der Waals surface area contributed by atoms with Gasteiger partial charge in [0.05, 0.1) is 4.92 Å². The Labute approximate surface area is 137 Å². The Balaban J connectivity index is 0.00000441. The van der Waals surface area contributed by atoms with Gasteiger partial charge in [-0.3, -0.25) is 14.9 Å². The second-order valence-corrected chi connectivity index (χ2v) is 5.65. The molecule has 124 valence electrons. The van der Waals surface area contributed by atoms with Crippen molar-refractivity contribution in [2.24, 2.45) is 11.7 Å². The molecule has 6 nitrogen and oxygen atoms in total. The molecule has 0 fully saturated rings. The van der Waals surface area contributed by atoms with Gasteiger partial charge in [-0.1, -0.05) is 26.0 Å². The lowest BCUT2D eigenvalue weighted by Crippen LogP contribution is -2.34. The summed E-state index contributed by atoms with van der Waals surface area (Å²) in [6.07, 6.45) is 0.666. The lowest BCUT2D eigenvalue weighted by atomic mass is 10.0. The number of amides is 1. The molecule has 0 bridgehead atoms. The molecule has 0 saturated carbocycles. The van der Waals surface area contributed by atoms with Gasteiger partial charge in [0.1, 0.15) is 5.56 Å². The molecule has 1 rings (SSSR count). The van der Waals surface area contributed by atoms with Crippen molar-refractivity contribution >= 4 is 24.0 Å². The lowest BCUT2D eigenvalue weighted by molar-refractivity contribution is -0.385. The van der Waals surface area contributed by atoms with E-state index in [1.165, 1.54) is 11.0 Å². The van der Waals surface area contributed by atoms with Crippen molar-refractivity contribution in [2.75, 3.05) is 13.6 Å². The van der Waals surface area contributed by atoms with Gasteiger partial charge >= 0.3 is 0 Å². The Morgan fingerprint density at radius 1 is 1.41 bits per heavy atom. The number of halogens is 1. The van der Waals surface area contributed by atoms with Crippen LogP contribution in [0.5, 0.6) is 0 Å². The van der Waals surface area contributed by atoms with E-state index in [-0.39, 0.29) is 35.6 Å². The number of carbonyl (C=O) groups is 1. The van der Waals surface area contributed by atoms with E-state index in [1.54, 1.807) is 26.1 Å². The summed E-state index contributed by atoms with van der Waals surface area (Å²) in [4.78, 5) is 24.5. The van der Waals surface area contributed by atoms with E-state index in [0.29, 0.717) is 24.4 Å². The average molecular weight is 330 g/mol. The van der Waals surface area contributed by atoms with Crippen molar-refractivity contribution in [3.8, 4) is 0 Å². The summed E-state index contributed by atoms with van der Waals surface area (Å²) in [6.45, 7) is 6.16. The van der Waals surface area contributed by atoms with E-state index in [2.05, 4.69) is 0 Å². The fraction of sp³-hybridized carbons (Fsp3) is 0.533. The van der Waals surface area contributed by atoms with Crippen LogP contribution in [0.15, 0.2) is 18.2 Å². The molecular formula is C15H24ClN3O3. The third-order valence-corrected chi connectivity index (χ3v) is 3.65. The highest BCUT2D eigenvalue weighted by Crippen LogP contribution is 2.24. The maximum Gasteiger partial charge on any atom is 0.285 e. The number of hydrogen-bond donors (Lipinski definition) is 1. The van der Waals surface area contributed by atoms with Gasteiger partial charge in [0, 0.05) is 25.2 Å². The van der Waals surface area contributed by atoms with Crippen molar-refractivity contribution in [1.82, 2.24) is 4.90 Å². The summed E-state index contributed by atoms with van der Waals surface area (Å²) >= 11 is 0. The molecule has 0 aliphatic carbocycles. The van der Waals surface area contributed by atoms with Crippen LogP contribution in [0.3, 0.4) is 0 Å². The maximum absolute atomic E-state index is 12.4. The van der Waals surface area contributed by atoms with Gasteiger partial charge in [-0.15, -0.1) is 12.4 Å². The topological polar surface area (TPSA) is 89.5 Å². The molecule has 7 heteroatoms. The second kappa shape index (κ2) is 8.70. The van der Waals surface area contributed by atoms with E-state index >= 15 is 0 Å². The van der Waals surface area contributed by atoms with Gasteiger partial charge in [-0.2, -0.15) is 0 Å². The van der Waals surface area contributed by atoms with Crippen LogP contribution in [-0.2, 0) is 0 Å². The van der Waals surface area contributed by atoms with E-state index in [0.717, 1.165) is 0 Å². The zero-order valence-corrected chi connectivity index (χ0v) is 14.2. The van der Waals surface area contributed by atoms with Crippen LogP contribution >= 0.6 is 12.4 Å². The predicted molar refractivity (Wildman–Crippen MR) is 89.5 cm³/mol. The van der Waals surface area contributed by atoms with Gasteiger partial charge in [-0.25, -0.2) is 0 Å². The van der Waals surface area contributed by atoms with Crippen LogP contribution in [0.1, 0.15) is 36.2 Å².